The van der Waals surface area contributed by atoms with Crippen molar-refractivity contribution in [2.45, 2.75) is 77.8 Å². The molecule has 0 amide bonds. The van der Waals surface area contributed by atoms with Crippen LogP contribution < -0.4 is 5.32 Å². The standard InChI is InChI=1S/C18H38N2O/c1-5-12-19-18-11-9-8-10-16(18)15-20(13-14-21-4)17(6-2)7-3/h16-19H,5-15H2,1-4H3. The highest BCUT2D eigenvalue weighted by Crippen LogP contribution is 2.26. The molecule has 3 heteroatoms. The van der Waals surface area contributed by atoms with Gasteiger partial charge in [0.1, 0.15) is 0 Å². The van der Waals surface area contributed by atoms with E-state index in [2.05, 4.69) is 31.0 Å². The van der Waals surface area contributed by atoms with Gasteiger partial charge in [0.25, 0.3) is 0 Å². The van der Waals surface area contributed by atoms with Crippen molar-refractivity contribution in [3.63, 3.8) is 0 Å². The molecule has 0 radical (unpaired) electrons. The molecule has 1 aliphatic rings. The van der Waals surface area contributed by atoms with Gasteiger partial charge < -0.3 is 10.1 Å². The second-order valence-corrected chi connectivity index (χ2v) is 6.56. The van der Waals surface area contributed by atoms with Gasteiger partial charge in [-0.25, -0.2) is 0 Å². The number of nitrogens with zero attached hydrogens (tertiary/aromatic N) is 1. The summed E-state index contributed by atoms with van der Waals surface area (Å²) < 4.78 is 5.34. The highest BCUT2D eigenvalue weighted by Gasteiger charge is 2.28. The summed E-state index contributed by atoms with van der Waals surface area (Å²) in [4.78, 5) is 2.69. The molecule has 0 spiro atoms. The van der Waals surface area contributed by atoms with Gasteiger partial charge in [-0.2, -0.15) is 0 Å². The molecule has 0 aromatic carbocycles. The lowest BCUT2D eigenvalue weighted by Gasteiger charge is -2.39. The maximum atomic E-state index is 5.34. The zero-order valence-corrected chi connectivity index (χ0v) is 14.9. The lowest BCUT2D eigenvalue weighted by molar-refractivity contribution is 0.0850. The summed E-state index contributed by atoms with van der Waals surface area (Å²) in [6, 6.07) is 1.45. The van der Waals surface area contributed by atoms with E-state index < -0.39 is 0 Å². The average molecular weight is 299 g/mol. The Balaban J connectivity index is 2.59. The Kier molecular flexibility index (Phi) is 10.3. The van der Waals surface area contributed by atoms with E-state index >= 15 is 0 Å². The fraction of sp³-hybridized carbons (Fsp3) is 1.00. The molecule has 21 heavy (non-hydrogen) atoms. The van der Waals surface area contributed by atoms with Crippen LogP contribution in [-0.2, 0) is 4.74 Å². The van der Waals surface area contributed by atoms with Gasteiger partial charge in [-0.05, 0) is 44.6 Å². The first-order chi connectivity index (χ1) is 10.3. The fourth-order valence-corrected chi connectivity index (χ4v) is 3.76. The van der Waals surface area contributed by atoms with Crippen molar-refractivity contribution in [2.24, 2.45) is 5.92 Å². The zero-order chi connectivity index (χ0) is 15.5. The quantitative estimate of drug-likeness (QED) is 0.630. The molecule has 3 nitrogen and oxygen atoms in total. The van der Waals surface area contributed by atoms with Crippen LogP contribution in [0, 0.1) is 5.92 Å². The van der Waals surface area contributed by atoms with Gasteiger partial charge in [-0.1, -0.05) is 33.6 Å². The van der Waals surface area contributed by atoms with Crippen LogP contribution in [0.5, 0.6) is 0 Å². The molecule has 1 saturated carbocycles. The van der Waals surface area contributed by atoms with E-state index in [0.717, 1.165) is 25.1 Å². The monoisotopic (exact) mass is 298 g/mol. The molecule has 0 saturated heterocycles. The molecular weight excluding hydrogens is 260 g/mol. The van der Waals surface area contributed by atoms with Crippen LogP contribution in [0.3, 0.4) is 0 Å². The van der Waals surface area contributed by atoms with Gasteiger partial charge in [-0.15, -0.1) is 0 Å². The summed E-state index contributed by atoms with van der Waals surface area (Å²) >= 11 is 0. The average Bonchev–Trinajstić information content (AvgIpc) is 2.52. The van der Waals surface area contributed by atoms with E-state index in [1.54, 1.807) is 0 Å². The summed E-state index contributed by atoms with van der Waals surface area (Å²) in [5, 5.41) is 3.80. The molecule has 0 bridgehead atoms. The van der Waals surface area contributed by atoms with E-state index in [4.69, 9.17) is 4.74 Å². The number of hydrogen-bond acceptors (Lipinski definition) is 3. The minimum Gasteiger partial charge on any atom is -0.383 e. The smallest absolute Gasteiger partial charge is 0.0589 e. The largest absolute Gasteiger partial charge is 0.383 e. The van der Waals surface area contributed by atoms with Crippen molar-refractivity contribution >= 4 is 0 Å². The Morgan fingerprint density at radius 1 is 1.14 bits per heavy atom. The first-order valence-corrected chi connectivity index (χ1v) is 9.23. The fourth-order valence-electron chi connectivity index (χ4n) is 3.76. The molecule has 2 atom stereocenters. The maximum Gasteiger partial charge on any atom is 0.0589 e. The number of hydrogen-bond donors (Lipinski definition) is 1. The Labute approximate surface area is 132 Å². The van der Waals surface area contributed by atoms with Crippen molar-refractivity contribution in [1.82, 2.24) is 10.2 Å². The second kappa shape index (κ2) is 11.4. The van der Waals surface area contributed by atoms with Gasteiger partial charge >= 0.3 is 0 Å². The number of methoxy groups -OCH3 is 1. The normalized spacial score (nSPS) is 23.1. The molecule has 2 unspecified atom stereocenters. The van der Waals surface area contributed by atoms with Crippen molar-refractivity contribution in [1.29, 1.82) is 0 Å². The molecule has 1 N–H and O–H groups in total. The lowest BCUT2D eigenvalue weighted by atomic mass is 9.83. The number of nitrogens with one attached hydrogen (secondary N) is 1. The molecule has 0 aromatic heterocycles. The van der Waals surface area contributed by atoms with Gasteiger partial charge in [0.2, 0.25) is 0 Å². The molecular formula is C18H38N2O. The lowest BCUT2D eigenvalue weighted by Crippen LogP contribution is -2.47. The van der Waals surface area contributed by atoms with Crippen LogP contribution in [0.1, 0.15) is 65.7 Å². The first kappa shape index (κ1) is 18.9. The van der Waals surface area contributed by atoms with Crippen molar-refractivity contribution < 1.29 is 4.74 Å². The van der Waals surface area contributed by atoms with Crippen LogP contribution in [0.4, 0.5) is 0 Å². The number of rotatable bonds is 11. The van der Waals surface area contributed by atoms with Crippen molar-refractivity contribution in [3.8, 4) is 0 Å². The number of ether oxygens (including phenoxy) is 1. The van der Waals surface area contributed by atoms with Crippen LogP contribution in [0.25, 0.3) is 0 Å². The predicted molar refractivity (Wildman–Crippen MR) is 91.9 cm³/mol. The maximum absolute atomic E-state index is 5.34. The molecule has 1 aliphatic carbocycles. The molecule has 1 rings (SSSR count). The van der Waals surface area contributed by atoms with Crippen molar-refractivity contribution in [2.75, 3.05) is 33.4 Å². The molecule has 0 aliphatic heterocycles. The van der Waals surface area contributed by atoms with Crippen LogP contribution in [-0.4, -0.2) is 50.3 Å². The van der Waals surface area contributed by atoms with Gasteiger partial charge in [0.15, 0.2) is 0 Å². The summed E-state index contributed by atoms with van der Waals surface area (Å²) in [6.45, 7) is 11.3. The third-order valence-electron chi connectivity index (χ3n) is 5.08. The minimum atomic E-state index is 0.717. The van der Waals surface area contributed by atoms with Crippen LogP contribution >= 0.6 is 0 Å². The molecule has 1 fully saturated rings. The summed E-state index contributed by atoms with van der Waals surface area (Å²) in [7, 11) is 1.82. The predicted octanol–water partition coefficient (Wildman–Crippen LogP) is 3.68. The molecule has 0 heterocycles. The van der Waals surface area contributed by atoms with Gasteiger partial charge in [0.05, 0.1) is 6.61 Å². The zero-order valence-electron chi connectivity index (χ0n) is 14.9. The van der Waals surface area contributed by atoms with E-state index in [-0.39, 0.29) is 0 Å². The molecule has 0 aromatic rings. The van der Waals surface area contributed by atoms with Gasteiger partial charge in [0, 0.05) is 32.3 Å². The highest BCUT2D eigenvalue weighted by molar-refractivity contribution is 4.84. The third-order valence-corrected chi connectivity index (χ3v) is 5.08. The van der Waals surface area contributed by atoms with E-state index in [1.165, 1.54) is 58.0 Å². The van der Waals surface area contributed by atoms with Gasteiger partial charge in [-0.3, -0.25) is 4.90 Å². The topological polar surface area (TPSA) is 24.5 Å². The Hall–Kier alpha value is -0.120. The highest BCUT2D eigenvalue weighted by atomic mass is 16.5. The Morgan fingerprint density at radius 3 is 2.48 bits per heavy atom. The van der Waals surface area contributed by atoms with E-state index in [1.807, 2.05) is 7.11 Å². The van der Waals surface area contributed by atoms with Crippen molar-refractivity contribution in [3.05, 3.63) is 0 Å². The molecule has 126 valence electrons. The minimum absolute atomic E-state index is 0.717. The van der Waals surface area contributed by atoms with E-state index in [0.29, 0.717) is 6.04 Å². The van der Waals surface area contributed by atoms with E-state index in [9.17, 15) is 0 Å². The summed E-state index contributed by atoms with van der Waals surface area (Å²) in [5.41, 5.74) is 0. The Morgan fingerprint density at radius 2 is 1.86 bits per heavy atom. The second-order valence-electron chi connectivity index (χ2n) is 6.56. The SMILES string of the molecule is CCCNC1CCCCC1CN(CCOC)C(CC)CC. The summed E-state index contributed by atoms with van der Waals surface area (Å²) in [6.07, 6.45) is 9.32. The summed E-state index contributed by atoms with van der Waals surface area (Å²) in [5.74, 6) is 0.822. The van der Waals surface area contributed by atoms with Crippen LogP contribution in [0.2, 0.25) is 0 Å². The first-order valence-electron chi connectivity index (χ1n) is 9.23. The Bertz CT molecular complexity index is 243. The van der Waals surface area contributed by atoms with Crippen LogP contribution in [0.15, 0.2) is 0 Å². The third kappa shape index (κ3) is 6.66.